The first-order valence-electron chi connectivity index (χ1n) is 9.89. The normalized spacial score (nSPS) is 15.4. The van der Waals surface area contributed by atoms with Crippen molar-refractivity contribution in [1.29, 1.82) is 0 Å². The fourth-order valence-corrected chi connectivity index (χ4v) is 4.65. The second kappa shape index (κ2) is 8.17. The van der Waals surface area contributed by atoms with E-state index in [4.69, 9.17) is 39.8 Å². The number of fused-ring (bicyclic) bond motifs is 3. The number of imidazole rings is 1. The lowest BCUT2D eigenvalue weighted by Crippen LogP contribution is -2.31. The molecule has 0 unspecified atom stereocenters. The SMILES string of the molecule is CC1=C(C(=O)Nc2ccc(Cl)cc2)[C@@H](c2ccc(Cl)cc2Cl)n2c(nc3ccccc32)N1. The molecule has 2 N–H and O–H groups in total. The summed E-state index contributed by atoms with van der Waals surface area (Å²) in [6, 6.07) is 19.6. The van der Waals surface area contributed by atoms with Crippen molar-refractivity contribution in [3.05, 3.63) is 98.6 Å². The number of halogens is 3. The molecule has 0 aliphatic carbocycles. The number of allylic oxidation sites excluding steroid dienone is 1. The van der Waals surface area contributed by atoms with Crippen molar-refractivity contribution in [2.45, 2.75) is 13.0 Å². The molecule has 1 aliphatic rings. The Morgan fingerprint density at radius 3 is 2.47 bits per heavy atom. The molecule has 4 aromatic rings. The van der Waals surface area contributed by atoms with Crippen molar-refractivity contribution in [2.24, 2.45) is 0 Å². The van der Waals surface area contributed by atoms with Gasteiger partial charge >= 0.3 is 0 Å². The van der Waals surface area contributed by atoms with Crippen molar-refractivity contribution in [3.8, 4) is 0 Å². The lowest BCUT2D eigenvalue weighted by Gasteiger charge is -2.31. The molecule has 5 rings (SSSR count). The molecule has 2 heterocycles. The molecular formula is C24H17Cl3N4O. The van der Waals surface area contributed by atoms with Crippen LogP contribution in [-0.2, 0) is 4.79 Å². The smallest absolute Gasteiger partial charge is 0.255 e. The Bertz CT molecular complexity index is 1390. The van der Waals surface area contributed by atoms with Crippen molar-refractivity contribution < 1.29 is 4.79 Å². The van der Waals surface area contributed by atoms with Gasteiger partial charge in [0.05, 0.1) is 22.6 Å². The van der Waals surface area contributed by atoms with Gasteiger partial charge in [-0.2, -0.15) is 0 Å². The number of carbonyl (C=O) groups excluding carboxylic acids is 1. The summed E-state index contributed by atoms with van der Waals surface area (Å²) in [4.78, 5) is 18.3. The lowest BCUT2D eigenvalue weighted by atomic mass is 9.94. The van der Waals surface area contributed by atoms with Gasteiger partial charge in [0.2, 0.25) is 5.95 Å². The van der Waals surface area contributed by atoms with Gasteiger partial charge in [0.15, 0.2) is 0 Å². The number of nitrogens with one attached hydrogen (secondary N) is 2. The summed E-state index contributed by atoms with van der Waals surface area (Å²) in [5.41, 5.74) is 4.31. The average Bonchev–Trinajstić information content (AvgIpc) is 3.12. The minimum atomic E-state index is -0.504. The number of benzene rings is 3. The fraction of sp³-hybridized carbons (Fsp3) is 0.0833. The van der Waals surface area contributed by atoms with Gasteiger partial charge in [-0.1, -0.05) is 53.0 Å². The molecule has 32 heavy (non-hydrogen) atoms. The Kier molecular flexibility index (Phi) is 5.33. The summed E-state index contributed by atoms with van der Waals surface area (Å²) in [5.74, 6) is 0.388. The van der Waals surface area contributed by atoms with E-state index in [2.05, 4.69) is 10.6 Å². The molecule has 1 atom stereocenters. The van der Waals surface area contributed by atoms with E-state index in [1.165, 1.54) is 0 Å². The highest BCUT2D eigenvalue weighted by Gasteiger charge is 2.35. The molecule has 0 saturated carbocycles. The van der Waals surface area contributed by atoms with Crippen LogP contribution >= 0.6 is 34.8 Å². The van der Waals surface area contributed by atoms with Gasteiger partial charge in [-0.05, 0) is 61.0 Å². The molecule has 0 radical (unpaired) electrons. The molecule has 3 aromatic carbocycles. The number of hydrogen-bond acceptors (Lipinski definition) is 3. The number of nitrogens with zero attached hydrogens (tertiary/aromatic N) is 2. The van der Waals surface area contributed by atoms with Crippen molar-refractivity contribution in [2.75, 3.05) is 10.6 Å². The highest BCUT2D eigenvalue weighted by Crippen LogP contribution is 2.42. The van der Waals surface area contributed by atoms with Crippen LogP contribution in [0.1, 0.15) is 18.5 Å². The monoisotopic (exact) mass is 482 g/mol. The largest absolute Gasteiger partial charge is 0.329 e. The van der Waals surface area contributed by atoms with Crippen LogP contribution in [0.2, 0.25) is 15.1 Å². The molecule has 1 amide bonds. The van der Waals surface area contributed by atoms with Gasteiger partial charge in [-0.3, -0.25) is 9.36 Å². The van der Waals surface area contributed by atoms with Crippen LogP contribution in [-0.4, -0.2) is 15.5 Å². The molecule has 5 nitrogen and oxygen atoms in total. The van der Waals surface area contributed by atoms with E-state index in [9.17, 15) is 4.79 Å². The quantitative estimate of drug-likeness (QED) is 0.332. The third-order valence-corrected chi connectivity index (χ3v) is 6.25. The van der Waals surface area contributed by atoms with E-state index in [-0.39, 0.29) is 5.91 Å². The van der Waals surface area contributed by atoms with E-state index in [0.29, 0.717) is 38.0 Å². The van der Waals surface area contributed by atoms with Crippen molar-refractivity contribution in [1.82, 2.24) is 9.55 Å². The number of para-hydroxylation sites is 2. The highest BCUT2D eigenvalue weighted by atomic mass is 35.5. The lowest BCUT2D eigenvalue weighted by molar-refractivity contribution is -0.113. The average molecular weight is 484 g/mol. The zero-order valence-corrected chi connectivity index (χ0v) is 19.1. The van der Waals surface area contributed by atoms with Crippen LogP contribution in [0.3, 0.4) is 0 Å². The van der Waals surface area contributed by atoms with Gasteiger partial charge < -0.3 is 10.6 Å². The first-order valence-corrected chi connectivity index (χ1v) is 11.0. The Morgan fingerprint density at radius 1 is 1.00 bits per heavy atom. The third kappa shape index (κ3) is 3.62. The number of rotatable bonds is 3. The molecule has 8 heteroatoms. The van der Waals surface area contributed by atoms with Crippen LogP contribution in [0.4, 0.5) is 11.6 Å². The maximum atomic E-state index is 13.5. The number of aromatic nitrogens is 2. The maximum Gasteiger partial charge on any atom is 0.255 e. The highest BCUT2D eigenvalue weighted by molar-refractivity contribution is 6.35. The Labute approximate surface area is 199 Å². The molecule has 0 fully saturated rings. The van der Waals surface area contributed by atoms with E-state index < -0.39 is 6.04 Å². The summed E-state index contributed by atoms with van der Waals surface area (Å²) in [6.45, 7) is 1.86. The number of amides is 1. The predicted molar refractivity (Wildman–Crippen MR) is 131 cm³/mol. The maximum absolute atomic E-state index is 13.5. The molecule has 0 spiro atoms. The Hall–Kier alpha value is -2.99. The van der Waals surface area contributed by atoms with Gasteiger partial charge in [-0.15, -0.1) is 0 Å². The molecule has 0 bridgehead atoms. The summed E-state index contributed by atoms with van der Waals surface area (Å²) < 4.78 is 1.99. The number of carbonyl (C=O) groups is 1. The van der Waals surface area contributed by atoms with Crippen LogP contribution in [0.25, 0.3) is 11.0 Å². The molecule has 0 saturated heterocycles. The van der Waals surface area contributed by atoms with Crippen molar-refractivity contribution >= 4 is 63.4 Å². The topological polar surface area (TPSA) is 59.0 Å². The minimum absolute atomic E-state index is 0.253. The van der Waals surface area contributed by atoms with Gasteiger partial charge in [0, 0.05) is 26.5 Å². The molecule has 1 aliphatic heterocycles. The van der Waals surface area contributed by atoms with E-state index in [1.54, 1.807) is 36.4 Å². The Balaban J connectivity index is 1.68. The summed E-state index contributed by atoms with van der Waals surface area (Å²) in [5, 5.41) is 7.85. The van der Waals surface area contributed by atoms with E-state index in [1.807, 2.05) is 41.8 Å². The fourth-order valence-electron chi connectivity index (χ4n) is 4.01. The summed E-state index contributed by atoms with van der Waals surface area (Å²) in [6.07, 6.45) is 0. The van der Waals surface area contributed by atoms with Crippen molar-refractivity contribution in [3.63, 3.8) is 0 Å². The van der Waals surface area contributed by atoms with E-state index >= 15 is 0 Å². The minimum Gasteiger partial charge on any atom is -0.329 e. The first kappa shape index (κ1) is 20.9. The predicted octanol–water partition coefficient (Wildman–Crippen LogP) is 6.92. The van der Waals surface area contributed by atoms with E-state index in [0.717, 1.165) is 16.6 Å². The first-order chi connectivity index (χ1) is 15.4. The summed E-state index contributed by atoms with van der Waals surface area (Å²) >= 11 is 18.8. The zero-order valence-electron chi connectivity index (χ0n) is 16.9. The number of anilines is 2. The van der Waals surface area contributed by atoms with Crippen LogP contribution < -0.4 is 10.6 Å². The molecular weight excluding hydrogens is 467 g/mol. The van der Waals surface area contributed by atoms with Gasteiger partial charge in [-0.25, -0.2) is 4.98 Å². The molecule has 160 valence electrons. The van der Waals surface area contributed by atoms with Crippen LogP contribution in [0.15, 0.2) is 78.0 Å². The number of hydrogen-bond donors (Lipinski definition) is 2. The second-order valence-electron chi connectivity index (χ2n) is 7.49. The second-order valence-corrected chi connectivity index (χ2v) is 8.77. The van der Waals surface area contributed by atoms with Gasteiger partial charge in [0.25, 0.3) is 5.91 Å². The summed E-state index contributed by atoms with van der Waals surface area (Å²) in [7, 11) is 0. The molecule has 1 aromatic heterocycles. The van der Waals surface area contributed by atoms with Crippen LogP contribution in [0.5, 0.6) is 0 Å². The zero-order chi connectivity index (χ0) is 22.4. The standard InChI is InChI=1S/C24H17Cl3N4O/c1-13-21(23(32)29-16-9-6-14(25)7-10-16)22(17-11-8-15(26)12-18(17)27)31-20-5-3-2-4-19(20)30-24(31)28-13/h2-12,22H,1H3,(H,28,30)(H,29,32)/t22-/m1/s1. The van der Waals surface area contributed by atoms with Crippen LogP contribution in [0, 0.1) is 0 Å². The third-order valence-electron chi connectivity index (χ3n) is 5.43. The Morgan fingerprint density at radius 2 is 1.72 bits per heavy atom. The van der Waals surface area contributed by atoms with Gasteiger partial charge in [0.1, 0.15) is 0 Å².